The van der Waals surface area contributed by atoms with Gasteiger partial charge in [-0.3, -0.25) is 4.79 Å². The minimum absolute atomic E-state index is 0.0596. The highest BCUT2D eigenvalue weighted by atomic mass is 32.1. The first-order chi connectivity index (χ1) is 11.1. The zero-order valence-corrected chi connectivity index (χ0v) is 14.3. The Balaban J connectivity index is 0.00000127. The first kappa shape index (κ1) is 18.5. The highest BCUT2D eigenvalue weighted by Gasteiger charge is 2.15. The molecular weight excluding hydrogens is 312 g/mol. The van der Waals surface area contributed by atoms with E-state index >= 15 is 0 Å². The first-order valence-corrected chi connectivity index (χ1v) is 7.46. The summed E-state index contributed by atoms with van der Waals surface area (Å²) < 4.78 is 5.77. The summed E-state index contributed by atoms with van der Waals surface area (Å²) in [6, 6.07) is 8.34. The van der Waals surface area contributed by atoms with Crippen molar-refractivity contribution in [2.24, 2.45) is 0 Å². The molecule has 0 radical (unpaired) electrons. The smallest absolute Gasteiger partial charge is 0.343 e. The maximum Gasteiger partial charge on any atom is 0.343 e. The molecule has 0 saturated heterocycles. The van der Waals surface area contributed by atoms with Crippen molar-refractivity contribution in [2.75, 3.05) is 7.11 Å². The SMILES string of the molecule is CC.COC(=O)c1cc(C)nn(-c2cccc(C#CS)c2)c1=O. The summed E-state index contributed by atoms with van der Waals surface area (Å²) in [5.74, 6) is 2.09. The van der Waals surface area contributed by atoms with Crippen molar-refractivity contribution >= 4 is 18.6 Å². The number of nitrogens with zero attached hydrogens (tertiary/aromatic N) is 2. The van der Waals surface area contributed by atoms with Crippen LogP contribution in [-0.2, 0) is 4.74 Å². The molecule has 0 aliphatic heterocycles. The van der Waals surface area contributed by atoms with E-state index in [1.165, 1.54) is 13.2 Å². The lowest BCUT2D eigenvalue weighted by Gasteiger charge is -2.08. The molecule has 0 aliphatic rings. The average Bonchev–Trinajstić information content (AvgIpc) is 2.58. The fourth-order valence-electron chi connectivity index (χ4n) is 1.83. The van der Waals surface area contributed by atoms with Crippen LogP contribution in [0.5, 0.6) is 0 Å². The van der Waals surface area contributed by atoms with Crippen molar-refractivity contribution in [1.82, 2.24) is 9.78 Å². The molecule has 2 aromatic rings. The molecule has 1 aromatic carbocycles. The summed E-state index contributed by atoms with van der Waals surface area (Å²) in [6.07, 6.45) is 0. The van der Waals surface area contributed by atoms with E-state index in [9.17, 15) is 9.59 Å². The number of hydrogen-bond donors (Lipinski definition) is 1. The summed E-state index contributed by atoms with van der Waals surface area (Å²) in [5.41, 5.74) is 1.14. The van der Waals surface area contributed by atoms with Crippen molar-refractivity contribution in [2.45, 2.75) is 20.8 Å². The van der Waals surface area contributed by atoms with Crippen LogP contribution in [0.15, 0.2) is 35.1 Å². The predicted octanol–water partition coefficient (Wildman–Crippen LogP) is 2.59. The first-order valence-electron chi connectivity index (χ1n) is 7.01. The van der Waals surface area contributed by atoms with Gasteiger partial charge in [0, 0.05) is 5.56 Å². The van der Waals surface area contributed by atoms with E-state index in [2.05, 4.69) is 33.6 Å². The van der Waals surface area contributed by atoms with E-state index in [4.69, 9.17) is 0 Å². The van der Waals surface area contributed by atoms with Gasteiger partial charge in [-0.1, -0.05) is 38.5 Å². The van der Waals surface area contributed by atoms with Crippen LogP contribution in [-0.4, -0.2) is 22.9 Å². The molecule has 0 N–H and O–H groups in total. The van der Waals surface area contributed by atoms with Gasteiger partial charge in [0.25, 0.3) is 5.56 Å². The van der Waals surface area contributed by atoms with Gasteiger partial charge in [0.05, 0.1) is 18.5 Å². The molecule has 1 heterocycles. The Hall–Kier alpha value is -2.52. The fraction of sp³-hybridized carbons (Fsp3) is 0.235. The molecule has 0 aliphatic carbocycles. The summed E-state index contributed by atoms with van der Waals surface area (Å²) >= 11 is 3.84. The van der Waals surface area contributed by atoms with Crippen LogP contribution in [0.2, 0.25) is 0 Å². The summed E-state index contributed by atoms with van der Waals surface area (Å²) in [5, 5.41) is 6.64. The number of rotatable bonds is 2. The van der Waals surface area contributed by atoms with Crippen LogP contribution in [0.25, 0.3) is 5.69 Å². The maximum atomic E-state index is 12.3. The van der Waals surface area contributed by atoms with E-state index in [-0.39, 0.29) is 5.56 Å². The topological polar surface area (TPSA) is 61.2 Å². The molecule has 120 valence electrons. The Morgan fingerprint density at radius 3 is 2.61 bits per heavy atom. The van der Waals surface area contributed by atoms with Crippen LogP contribution in [0, 0.1) is 18.1 Å². The van der Waals surface area contributed by atoms with Crippen molar-refractivity contribution in [1.29, 1.82) is 0 Å². The lowest BCUT2D eigenvalue weighted by molar-refractivity contribution is 0.0597. The number of carbonyl (C=O) groups is 1. The van der Waals surface area contributed by atoms with Gasteiger partial charge in [0.2, 0.25) is 0 Å². The van der Waals surface area contributed by atoms with E-state index < -0.39 is 11.5 Å². The zero-order valence-electron chi connectivity index (χ0n) is 13.5. The Kier molecular flexibility index (Phi) is 7.10. The fourth-order valence-corrected chi connectivity index (χ4v) is 1.96. The second kappa shape index (κ2) is 8.81. The van der Waals surface area contributed by atoms with Crippen molar-refractivity contribution in [3.63, 3.8) is 0 Å². The normalized spacial score (nSPS) is 9.09. The molecule has 23 heavy (non-hydrogen) atoms. The predicted molar refractivity (Wildman–Crippen MR) is 93.1 cm³/mol. The van der Waals surface area contributed by atoms with Gasteiger partial charge in [-0.2, -0.15) is 9.78 Å². The molecule has 1 aromatic heterocycles. The average molecular weight is 330 g/mol. The Bertz CT molecular complexity index is 817. The lowest BCUT2D eigenvalue weighted by Crippen LogP contribution is -2.28. The van der Waals surface area contributed by atoms with Gasteiger partial charge in [0.1, 0.15) is 5.56 Å². The van der Waals surface area contributed by atoms with Gasteiger partial charge >= 0.3 is 5.97 Å². The zero-order chi connectivity index (χ0) is 17.4. The van der Waals surface area contributed by atoms with Gasteiger partial charge in [-0.15, -0.1) is 0 Å². The standard InChI is InChI=1S/C15H12N2O3S.C2H6/c1-10-8-13(15(19)20-2)14(18)17(16-10)12-5-3-4-11(9-12)6-7-21;1-2/h3-5,8-9,21H,1-2H3;1-2H3. The van der Waals surface area contributed by atoms with Crippen molar-refractivity contribution < 1.29 is 9.53 Å². The lowest BCUT2D eigenvalue weighted by atomic mass is 10.2. The van der Waals surface area contributed by atoms with Crippen LogP contribution in [0.1, 0.15) is 35.5 Å². The molecule has 0 atom stereocenters. The molecular formula is C17H18N2O3S. The third-order valence-electron chi connectivity index (χ3n) is 2.73. The molecule has 0 saturated carbocycles. The molecule has 0 unspecified atom stereocenters. The monoisotopic (exact) mass is 330 g/mol. The Morgan fingerprint density at radius 1 is 1.30 bits per heavy atom. The number of carbonyl (C=O) groups excluding carboxylic acids is 1. The largest absolute Gasteiger partial charge is 0.465 e. The van der Waals surface area contributed by atoms with Crippen LogP contribution < -0.4 is 5.56 Å². The van der Waals surface area contributed by atoms with Gasteiger partial charge < -0.3 is 4.74 Å². The number of methoxy groups -OCH3 is 1. The third-order valence-corrected chi connectivity index (χ3v) is 2.84. The van der Waals surface area contributed by atoms with E-state index in [1.54, 1.807) is 31.2 Å². The molecule has 0 spiro atoms. The van der Waals surface area contributed by atoms with E-state index in [0.29, 0.717) is 16.9 Å². The Morgan fingerprint density at radius 2 is 2.00 bits per heavy atom. The van der Waals surface area contributed by atoms with Crippen molar-refractivity contribution in [3.05, 3.63) is 57.5 Å². The molecule has 0 fully saturated rings. The molecule has 2 rings (SSSR count). The number of thiol groups is 1. The summed E-state index contributed by atoms with van der Waals surface area (Å²) in [7, 11) is 1.23. The van der Waals surface area contributed by atoms with Crippen molar-refractivity contribution in [3.8, 4) is 16.9 Å². The second-order valence-electron chi connectivity index (χ2n) is 4.20. The molecule has 0 bridgehead atoms. The molecule has 5 nitrogen and oxygen atoms in total. The quantitative estimate of drug-likeness (QED) is 0.522. The van der Waals surface area contributed by atoms with E-state index in [0.717, 1.165) is 4.68 Å². The van der Waals surface area contributed by atoms with Gasteiger partial charge in [0.15, 0.2) is 0 Å². The highest BCUT2D eigenvalue weighted by molar-refractivity contribution is 7.85. The molecule has 6 heteroatoms. The molecule has 0 amide bonds. The van der Waals surface area contributed by atoms with Crippen LogP contribution >= 0.6 is 12.6 Å². The number of esters is 1. The van der Waals surface area contributed by atoms with Gasteiger partial charge in [-0.25, -0.2) is 4.79 Å². The van der Waals surface area contributed by atoms with Gasteiger partial charge in [-0.05, 0) is 36.4 Å². The van der Waals surface area contributed by atoms with E-state index in [1.807, 2.05) is 13.8 Å². The third kappa shape index (κ3) is 4.47. The second-order valence-corrected chi connectivity index (χ2v) is 4.42. The minimum Gasteiger partial charge on any atom is -0.465 e. The number of aryl methyl sites for hydroxylation is 1. The minimum atomic E-state index is -0.689. The summed E-state index contributed by atoms with van der Waals surface area (Å²) in [4.78, 5) is 24.0. The number of aromatic nitrogens is 2. The number of benzene rings is 1. The highest BCUT2D eigenvalue weighted by Crippen LogP contribution is 2.08. The Labute approximate surface area is 140 Å². The van der Waals surface area contributed by atoms with Crippen LogP contribution in [0.3, 0.4) is 0 Å². The van der Waals surface area contributed by atoms with Crippen LogP contribution in [0.4, 0.5) is 0 Å². The number of hydrogen-bond acceptors (Lipinski definition) is 5. The maximum absolute atomic E-state index is 12.3. The number of ether oxygens (including phenoxy) is 1. The summed E-state index contributed by atoms with van der Waals surface area (Å²) in [6.45, 7) is 5.69.